The van der Waals surface area contributed by atoms with E-state index < -0.39 is 23.8 Å². The highest BCUT2D eigenvalue weighted by atomic mass is 19.1. The van der Waals surface area contributed by atoms with Crippen molar-refractivity contribution in [2.45, 2.75) is 39.2 Å². The van der Waals surface area contributed by atoms with Crippen molar-refractivity contribution < 1.29 is 18.7 Å². The van der Waals surface area contributed by atoms with E-state index in [0.717, 1.165) is 18.1 Å². The van der Waals surface area contributed by atoms with Gasteiger partial charge in [-0.1, -0.05) is 38.1 Å². The molecular formula is C20H22FNO3. The molecule has 0 spiro atoms. The molecule has 2 aromatic carbocycles. The molecule has 1 amide bonds. The smallest absolute Gasteiger partial charge is 0.339 e. The van der Waals surface area contributed by atoms with E-state index in [0.29, 0.717) is 11.6 Å². The van der Waals surface area contributed by atoms with Gasteiger partial charge in [0.1, 0.15) is 5.82 Å². The van der Waals surface area contributed by atoms with Crippen molar-refractivity contribution in [2.24, 2.45) is 0 Å². The molecule has 25 heavy (non-hydrogen) atoms. The number of hydrogen-bond acceptors (Lipinski definition) is 3. The molecule has 2 rings (SSSR count). The SMILES string of the molecule is CC[C@H](C)c1ccccc1NC(=O)[C@H](C)OC(=O)c1cccc(F)c1. The first-order valence-electron chi connectivity index (χ1n) is 8.28. The van der Waals surface area contributed by atoms with Crippen LogP contribution in [0.4, 0.5) is 10.1 Å². The summed E-state index contributed by atoms with van der Waals surface area (Å²) in [7, 11) is 0. The van der Waals surface area contributed by atoms with Crippen molar-refractivity contribution in [2.75, 3.05) is 5.32 Å². The number of ether oxygens (including phenoxy) is 1. The lowest BCUT2D eigenvalue weighted by atomic mass is 9.97. The third-order valence-corrected chi connectivity index (χ3v) is 4.08. The van der Waals surface area contributed by atoms with Crippen molar-refractivity contribution >= 4 is 17.6 Å². The molecular weight excluding hydrogens is 321 g/mol. The lowest BCUT2D eigenvalue weighted by molar-refractivity contribution is -0.123. The number of benzene rings is 2. The number of hydrogen-bond donors (Lipinski definition) is 1. The second kappa shape index (κ2) is 8.42. The Hall–Kier alpha value is -2.69. The van der Waals surface area contributed by atoms with E-state index in [2.05, 4.69) is 19.2 Å². The van der Waals surface area contributed by atoms with Gasteiger partial charge in [0.05, 0.1) is 5.56 Å². The predicted octanol–water partition coefficient (Wildman–Crippen LogP) is 4.52. The van der Waals surface area contributed by atoms with Gasteiger partial charge in [0, 0.05) is 5.69 Å². The van der Waals surface area contributed by atoms with Crippen LogP contribution in [0.1, 0.15) is 49.0 Å². The van der Waals surface area contributed by atoms with Crippen LogP contribution in [0.15, 0.2) is 48.5 Å². The number of carbonyl (C=O) groups excluding carboxylic acids is 2. The Labute approximate surface area is 147 Å². The summed E-state index contributed by atoms with van der Waals surface area (Å²) in [5.41, 5.74) is 1.80. The number of esters is 1. The van der Waals surface area contributed by atoms with E-state index in [-0.39, 0.29) is 5.56 Å². The molecule has 132 valence electrons. The van der Waals surface area contributed by atoms with Crippen LogP contribution in [-0.2, 0) is 9.53 Å². The number of carbonyl (C=O) groups is 2. The Morgan fingerprint density at radius 1 is 1.12 bits per heavy atom. The minimum atomic E-state index is -0.999. The van der Waals surface area contributed by atoms with Gasteiger partial charge < -0.3 is 10.1 Å². The fourth-order valence-electron chi connectivity index (χ4n) is 2.39. The zero-order chi connectivity index (χ0) is 18.4. The molecule has 0 fully saturated rings. The molecule has 2 aromatic rings. The van der Waals surface area contributed by atoms with Crippen LogP contribution in [0.2, 0.25) is 0 Å². The molecule has 4 nitrogen and oxygen atoms in total. The van der Waals surface area contributed by atoms with Gasteiger partial charge in [-0.05, 0) is 49.1 Å². The van der Waals surface area contributed by atoms with Gasteiger partial charge in [0.15, 0.2) is 6.10 Å². The Kier molecular flexibility index (Phi) is 6.28. The zero-order valence-electron chi connectivity index (χ0n) is 14.6. The Bertz CT molecular complexity index is 760. The van der Waals surface area contributed by atoms with Gasteiger partial charge in [-0.25, -0.2) is 9.18 Å². The van der Waals surface area contributed by atoms with Crippen LogP contribution >= 0.6 is 0 Å². The fourth-order valence-corrected chi connectivity index (χ4v) is 2.39. The summed E-state index contributed by atoms with van der Waals surface area (Å²) in [6.45, 7) is 5.64. The zero-order valence-corrected chi connectivity index (χ0v) is 14.6. The number of nitrogens with one attached hydrogen (secondary N) is 1. The van der Waals surface area contributed by atoms with Crippen LogP contribution in [0.3, 0.4) is 0 Å². The molecule has 0 heterocycles. The van der Waals surface area contributed by atoms with Crippen LogP contribution in [0.5, 0.6) is 0 Å². The van der Waals surface area contributed by atoms with E-state index in [4.69, 9.17) is 4.74 Å². The van der Waals surface area contributed by atoms with Crippen molar-refractivity contribution in [3.05, 3.63) is 65.5 Å². The topological polar surface area (TPSA) is 55.4 Å². The quantitative estimate of drug-likeness (QED) is 0.785. The number of para-hydroxylation sites is 1. The maximum absolute atomic E-state index is 13.2. The third kappa shape index (κ3) is 4.89. The van der Waals surface area contributed by atoms with Crippen molar-refractivity contribution in [3.63, 3.8) is 0 Å². The molecule has 0 saturated heterocycles. The minimum absolute atomic E-state index is 0.0691. The molecule has 0 aliphatic carbocycles. The number of rotatable bonds is 6. The van der Waals surface area contributed by atoms with Gasteiger partial charge >= 0.3 is 5.97 Å². The highest BCUT2D eigenvalue weighted by Gasteiger charge is 2.20. The first kappa shape index (κ1) is 18.6. The molecule has 2 atom stereocenters. The van der Waals surface area contributed by atoms with Crippen LogP contribution in [0.25, 0.3) is 0 Å². The average molecular weight is 343 g/mol. The minimum Gasteiger partial charge on any atom is -0.449 e. The van der Waals surface area contributed by atoms with E-state index in [9.17, 15) is 14.0 Å². The van der Waals surface area contributed by atoms with Crippen molar-refractivity contribution in [1.82, 2.24) is 0 Å². The normalized spacial score (nSPS) is 13.0. The second-order valence-corrected chi connectivity index (χ2v) is 5.94. The number of amides is 1. The molecule has 5 heteroatoms. The van der Waals surface area contributed by atoms with E-state index in [1.165, 1.54) is 25.1 Å². The van der Waals surface area contributed by atoms with Crippen LogP contribution < -0.4 is 5.32 Å². The lowest BCUT2D eigenvalue weighted by Gasteiger charge is -2.18. The molecule has 0 radical (unpaired) electrons. The summed E-state index contributed by atoms with van der Waals surface area (Å²) in [6.07, 6.45) is -0.0578. The summed E-state index contributed by atoms with van der Waals surface area (Å²) in [4.78, 5) is 24.4. The second-order valence-electron chi connectivity index (χ2n) is 5.94. The summed E-state index contributed by atoms with van der Waals surface area (Å²) in [5.74, 6) is -1.41. The number of halogens is 1. The molecule has 0 saturated carbocycles. The standard InChI is InChI=1S/C20H22FNO3/c1-4-13(2)17-10-5-6-11-18(17)22-19(23)14(3)25-20(24)15-8-7-9-16(21)12-15/h5-14H,4H2,1-3H3,(H,22,23)/t13-,14-/m0/s1. The Morgan fingerprint density at radius 2 is 1.84 bits per heavy atom. The molecule has 0 unspecified atom stereocenters. The first-order chi connectivity index (χ1) is 11.9. The van der Waals surface area contributed by atoms with Gasteiger partial charge in [-0.15, -0.1) is 0 Å². The third-order valence-electron chi connectivity index (χ3n) is 4.08. The predicted molar refractivity (Wildman–Crippen MR) is 95.1 cm³/mol. The van der Waals surface area contributed by atoms with Gasteiger partial charge in [-0.2, -0.15) is 0 Å². The van der Waals surface area contributed by atoms with Gasteiger partial charge in [0.2, 0.25) is 0 Å². The van der Waals surface area contributed by atoms with E-state index in [1.54, 1.807) is 0 Å². The van der Waals surface area contributed by atoms with Crippen LogP contribution in [0, 0.1) is 5.82 Å². The van der Waals surface area contributed by atoms with Crippen molar-refractivity contribution in [3.8, 4) is 0 Å². The van der Waals surface area contributed by atoms with Gasteiger partial charge in [-0.3, -0.25) is 4.79 Å². The van der Waals surface area contributed by atoms with Crippen LogP contribution in [-0.4, -0.2) is 18.0 Å². The van der Waals surface area contributed by atoms with Gasteiger partial charge in [0.25, 0.3) is 5.91 Å². The summed E-state index contributed by atoms with van der Waals surface area (Å²) in [5, 5.41) is 2.80. The largest absolute Gasteiger partial charge is 0.449 e. The molecule has 0 aliphatic heterocycles. The maximum Gasteiger partial charge on any atom is 0.339 e. The molecule has 0 bridgehead atoms. The molecule has 0 aromatic heterocycles. The summed E-state index contributed by atoms with van der Waals surface area (Å²) in [6, 6.07) is 12.7. The van der Waals surface area contributed by atoms with E-state index in [1.807, 2.05) is 24.3 Å². The monoisotopic (exact) mass is 343 g/mol. The Balaban J connectivity index is 2.05. The molecule has 0 aliphatic rings. The number of anilines is 1. The molecule has 1 N–H and O–H groups in total. The lowest BCUT2D eigenvalue weighted by Crippen LogP contribution is -2.30. The summed E-state index contributed by atoms with van der Waals surface area (Å²) < 4.78 is 18.3. The average Bonchev–Trinajstić information content (AvgIpc) is 2.61. The van der Waals surface area contributed by atoms with Crippen molar-refractivity contribution in [1.29, 1.82) is 0 Å². The Morgan fingerprint density at radius 3 is 2.52 bits per heavy atom. The first-order valence-corrected chi connectivity index (χ1v) is 8.28. The highest BCUT2D eigenvalue weighted by molar-refractivity contribution is 5.97. The highest BCUT2D eigenvalue weighted by Crippen LogP contribution is 2.26. The fraction of sp³-hybridized carbons (Fsp3) is 0.300. The van der Waals surface area contributed by atoms with E-state index >= 15 is 0 Å². The maximum atomic E-state index is 13.2. The summed E-state index contributed by atoms with van der Waals surface area (Å²) >= 11 is 0.